The second-order valence-electron chi connectivity index (χ2n) is 18.2. The first kappa shape index (κ1) is 52.7. The van der Waals surface area contributed by atoms with Crippen LogP contribution in [0.3, 0.4) is 0 Å². The van der Waals surface area contributed by atoms with Crippen LogP contribution in [0.1, 0.15) is 104 Å². The van der Waals surface area contributed by atoms with Gasteiger partial charge in [0.1, 0.15) is 47.2 Å². The molecule has 2 aromatic rings. The Morgan fingerprint density at radius 2 is 1.28 bits per heavy atom. The van der Waals surface area contributed by atoms with Gasteiger partial charge in [-0.15, -0.1) is 21.8 Å². The maximum atomic E-state index is 14.9. The number of Topliss-reactive ketones (excluding diaryl/α,β-unsaturated/α-hetero) is 1. The minimum absolute atomic E-state index is 0.0194. The molecule has 4 heterocycles. The van der Waals surface area contributed by atoms with Crippen LogP contribution in [0.25, 0.3) is 0 Å². The van der Waals surface area contributed by atoms with E-state index < -0.39 is 125 Å². The number of nitrogens with zero attached hydrogens (tertiary/aromatic N) is 5. The zero-order chi connectivity index (χ0) is 48.7. The van der Waals surface area contributed by atoms with Crippen LogP contribution in [0.2, 0.25) is 0 Å². The number of carbonyl (C=O) groups excluding carboxylic acids is 6. The van der Waals surface area contributed by atoms with Crippen LogP contribution in [-0.4, -0.2) is 115 Å². The van der Waals surface area contributed by atoms with E-state index >= 15 is 0 Å². The average Bonchev–Trinajstić information content (AvgIpc) is 4.00. The summed E-state index contributed by atoms with van der Waals surface area (Å²) in [7, 11) is 0. The number of ketones is 1. The van der Waals surface area contributed by atoms with Crippen molar-refractivity contribution in [2.24, 2.45) is 17.8 Å². The molecule has 6 unspecified atom stereocenters. The first-order chi connectivity index (χ1) is 30.4. The van der Waals surface area contributed by atoms with E-state index in [0.29, 0.717) is 25.0 Å². The van der Waals surface area contributed by atoms with Crippen molar-refractivity contribution in [1.82, 2.24) is 40.5 Å². The van der Waals surface area contributed by atoms with Crippen LogP contribution >= 0.6 is 11.6 Å². The van der Waals surface area contributed by atoms with E-state index in [4.69, 9.17) is 4.74 Å². The number of likely N-dealkylation sites (tertiary alicyclic amines) is 2. The van der Waals surface area contributed by atoms with E-state index in [-0.39, 0.29) is 62.6 Å². The van der Waals surface area contributed by atoms with Gasteiger partial charge in [0.25, 0.3) is 0 Å². The molecule has 3 aliphatic rings. The number of aromatic nitrogens is 3. The van der Waals surface area contributed by atoms with Crippen molar-refractivity contribution in [1.29, 1.82) is 0 Å². The quantitative estimate of drug-likeness (QED) is 0.125. The van der Waals surface area contributed by atoms with E-state index in [0.717, 1.165) is 4.57 Å². The summed E-state index contributed by atoms with van der Waals surface area (Å²) in [6.45, 7) is 12.0. The first-order valence-corrected chi connectivity index (χ1v) is 22.4. The summed E-state index contributed by atoms with van der Waals surface area (Å²) >= 11 is 4.64. The molecule has 0 spiro atoms. The molecule has 0 radical (unpaired) electrons. The van der Waals surface area contributed by atoms with Gasteiger partial charge in [0.15, 0.2) is 11.6 Å². The Morgan fingerprint density at radius 1 is 0.754 bits per heavy atom. The number of halogens is 7. The molecule has 0 bridgehead atoms. The predicted molar refractivity (Wildman–Crippen MR) is 224 cm³/mol. The highest BCUT2D eigenvalue weighted by Crippen LogP contribution is 2.32. The van der Waals surface area contributed by atoms with Crippen LogP contribution in [0.4, 0.5) is 31.1 Å². The second kappa shape index (κ2) is 22.0. The number of fused-ring (bicyclic) bond motifs is 1. The first-order valence-electron chi connectivity index (χ1n) is 21.6. The number of hydrogen-bond acceptors (Lipinski definition) is 9. The molecule has 22 heteroatoms. The normalized spacial score (nSPS) is 20.0. The van der Waals surface area contributed by atoms with Crippen molar-refractivity contribution in [3.63, 3.8) is 0 Å². The van der Waals surface area contributed by atoms with Gasteiger partial charge in [0, 0.05) is 56.9 Å². The third kappa shape index (κ3) is 13.3. The van der Waals surface area contributed by atoms with Crippen LogP contribution < -0.4 is 16.0 Å². The van der Waals surface area contributed by atoms with Gasteiger partial charge in [0.2, 0.25) is 29.5 Å². The predicted octanol–water partition coefficient (Wildman–Crippen LogP) is 5.49. The van der Waals surface area contributed by atoms with Gasteiger partial charge in [-0.25, -0.2) is 18.0 Å². The molecule has 0 saturated carbocycles. The monoisotopic (exact) mass is 948 g/mol. The van der Waals surface area contributed by atoms with Crippen molar-refractivity contribution < 1.29 is 59.8 Å². The Bertz CT molecular complexity index is 2060. The lowest BCUT2D eigenvalue weighted by Gasteiger charge is -2.34. The maximum Gasteiger partial charge on any atom is 0.451 e. The Kier molecular flexibility index (Phi) is 17.8. The minimum atomic E-state index is -4.76. The number of carbonyl (C=O) groups is 6. The average molecular weight is 949 g/mol. The highest BCUT2D eigenvalue weighted by atomic mass is 35.5. The highest BCUT2D eigenvalue weighted by Gasteiger charge is 2.44. The fraction of sp³-hybridized carbons (Fsp3) is 0.674. The van der Waals surface area contributed by atoms with Gasteiger partial charge in [-0.3, -0.25) is 24.0 Å². The van der Waals surface area contributed by atoms with E-state index in [1.54, 1.807) is 48.5 Å². The number of benzene rings is 1. The number of nitrogens with one attached hydrogen (secondary N) is 3. The number of alkyl halides is 4. The summed E-state index contributed by atoms with van der Waals surface area (Å²) in [5.41, 5.74) is -1.17. The van der Waals surface area contributed by atoms with Crippen molar-refractivity contribution in [2.45, 2.75) is 148 Å². The smallest absolute Gasteiger partial charge is 0.444 e. The molecule has 1 aromatic heterocycles. The van der Waals surface area contributed by atoms with Gasteiger partial charge in [-0.05, 0) is 82.8 Å². The van der Waals surface area contributed by atoms with E-state index in [9.17, 15) is 55.1 Å². The standard InChI is InChI=1S/C42H56F6N8O7.CH3Cl/c1-21(2)33(50-36(59)30-11-9-14-55(30)38(61)34(22(3)4)51-40(62)63-41(5,6)7)37(60)54-13-8-10-29(54)35(58)49-25(16-24-17-27(44)28(45)20-26(24)43)19-31(57)23-12-15-56-32(18-23)52-53-39(56)42(46,47)48;1-2/h17,20-23,25,29-30,33-34H,8-16,18-19H2,1-7H3,(H,49,58)(H,50,59)(H,51,62);1H3. The topological polar surface area (TPSA) is 185 Å². The molecule has 3 aliphatic heterocycles. The molecular weight excluding hydrogens is 890 g/mol. The summed E-state index contributed by atoms with van der Waals surface area (Å²) < 4.78 is 89.6. The Labute approximate surface area is 379 Å². The van der Waals surface area contributed by atoms with Gasteiger partial charge < -0.3 is 35.1 Å². The Balaban J connectivity index is 0.00000456. The molecule has 6 atom stereocenters. The Morgan fingerprint density at radius 3 is 1.80 bits per heavy atom. The van der Waals surface area contributed by atoms with Crippen LogP contribution in [0.15, 0.2) is 12.1 Å². The molecule has 5 rings (SSSR count). The van der Waals surface area contributed by atoms with Gasteiger partial charge in [-0.2, -0.15) is 13.2 Å². The van der Waals surface area contributed by atoms with E-state index in [2.05, 4.69) is 37.7 Å². The molecule has 65 heavy (non-hydrogen) atoms. The Hall–Kier alpha value is -4.95. The molecule has 1 aromatic carbocycles. The van der Waals surface area contributed by atoms with Crippen molar-refractivity contribution in [2.75, 3.05) is 19.5 Å². The zero-order valence-corrected chi connectivity index (χ0v) is 38.5. The fourth-order valence-electron chi connectivity index (χ4n) is 8.35. The summed E-state index contributed by atoms with van der Waals surface area (Å²) in [6, 6.07) is -4.52. The maximum absolute atomic E-state index is 14.9. The van der Waals surface area contributed by atoms with E-state index in [1.165, 1.54) is 16.2 Å². The van der Waals surface area contributed by atoms with Crippen molar-refractivity contribution in [3.05, 3.63) is 46.8 Å². The zero-order valence-electron chi connectivity index (χ0n) is 37.8. The molecule has 2 fully saturated rings. The third-order valence-electron chi connectivity index (χ3n) is 11.5. The van der Waals surface area contributed by atoms with Crippen LogP contribution in [0, 0.1) is 35.2 Å². The molecule has 2 saturated heterocycles. The number of ether oxygens (including phenoxy) is 1. The fourth-order valence-corrected chi connectivity index (χ4v) is 8.35. The molecule has 15 nitrogen and oxygen atoms in total. The molecule has 0 aliphatic carbocycles. The summed E-state index contributed by atoms with van der Waals surface area (Å²) in [5.74, 6) is -9.86. The number of rotatable bonds is 14. The minimum Gasteiger partial charge on any atom is -0.444 e. The SMILES string of the molecule is CC(C)C(NC(=O)OC(C)(C)C)C(=O)N1CCCC1C(=O)NC(C(=O)N1CCCC1C(=O)NC(CC(=O)C1CCn2c(nnc2C(F)(F)F)C1)Cc1cc(F)c(F)cc1F)C(C)C.CCl. The van der Waals surface area contributed by atoms with Crippen molar-refractivity contribution >= 4 is 47.1 Å². The largest absolute Gasteiger partial charge is 0.451 e. The molecule has 3 N–H and O–H groups in total. The summed E-state index contributed by atoms with van der Waals surface area (Å²) in [4.78, 5) is 85.0. The molecule has 362 valence electrons. The molecule has 5 amide bonds. The highest BCUT2D eigenvalue weighted by molar-refractivity contribution is 6.15. The van der Waals surface area contributed by atoms with Crippen LogP contribution in [-0.2, 0) is 54.3 Å². The lowest BCUT2D eigenvalue weighted by atomic mass is 9.88. The molecular formula is C43H59ClF6N8O7. The van der Waals surface area contributed by atoms with Gasteiger partial charge in [0.05, 0.1) is 0 Å². The summed E-state index contributed by atoms with van der Waals surface area (Å²) in [6.07, 6.45) is -3.93. The summed E-state index contributed by atoms with van der Waals surface area (Å²) in [5, 5.41) is 15.0. The lowest BCUT2D eigenvalue weighted by molar-refractivity contribution is -0.148. The van der Waals surface area contributed by atoms with Crippen LogP contribution in [0.5, 0.6) is 0 Å². The van der Waals surface area contributed by atoms with Gasteiger partial charge >= 0.3 is 12.3 Å². The third-order valence-corrected chi connectivity index (χ3v) is 11.5. The van der Waals surface area contributed by atoms with Gasteiger partial charge in [-0.1, -0.05) is 27.7 Å². The second-order valence-corrected chi connectivity index (χ2v) is 18.2. The number of alkyl carbamates (subject to hydrolysis) is 1. The number of hydrogen-bond donors (Lipinski definition) is 3. The lowest BCUT2D eigenvalue weighted by Crippen LogP contribution is -2.59. The van der Waals surface area contributed by atoms with E-state index in [1.807, 2.05) is 0 Å². The number of amides is 5. The van der Waals surface area contributed by atoms with Crippen molar-refractivity contribution in [3.8, 4) is 0 Å².